The summed E-state index contributed by atoms with van der Waals surface area (Å²) in [6.45, 7) is 2.19. The Morgan fingerprint density at radius 2 is 2.40 bits per heavy atom. The average molecular weight is 225 g/mol. The molecular weight excluding hydrogens is 206 g/mol. The summed E-state index contributed by atoms with van der Waals surface area (Å²) in [7, 11) is 0. The predicted molar refractivity (Wildman–Crippen MR) is 62.8 cm³/mol. The van der Waals surface area contributed by atoms with Crippen LogP contribution in [0.5, 0.6) is 0 Å². The molecule has 2 nitrogen and oxygen atoms in total. The van der Waals surface area contributed by atoms with Gasteiger partial charge in [-0.2, -0.15) is 17.0 Å². The third kappa shape index (κ3) is 2.16. The van der Waals surface area contributed by atoms with E-state index in [1.54, 1.807) is 0 Å². The fourth-order valence-corrected chi connectivity index (χ4v) is 3.51. The molecule has 0 aromatic rings. The summed E-state index contributed by atoms with van der Waals surface area (Å²) in [6.07, 6.45) is 6.13. The molecule has 2 aliphatic rings. The highest BCUT2D eigenvalue weighted by Crippen LogP contribution is 2.50. The molecule has 3 unspecified atom stereocenters. The molecular formula is C12H19NOS. The number of ether oxygens (including phenoxy) is 1. The smallest absolute Gasteiger partial charge is 0.0860 e. The lowest BCUT2D eigenvalue weighted by Crippen LogP contribution is -2.30. The van der Waals surface area contributed by atoms with E-state index in [-0.39, 0.29) is 11.5 Å². The highest BCUT2D eigenvalue weighted by atomic mass is 32.2. The molecule has 0 aromatic heterocycles. The minimum atomic E-state index is -0.128. The van der Waals surface area contributed by atoms with Crippen molar-refractivity contribution in [3.05, 3.63) is 0 Å². The van der Waals surface area contributed by atoms with Crippen LogP contribution in [0.1, 0.15) is 39.0 Å². The molecule has 2 heterocycles. The van der Waals surface area contributed by atoms with Gasteiger partial charge in [0.25, 0.3) is 0 Å². The maximum absolute atomic E-state index is 9.36. The normalized spacial score (nSPS) is 38.1. The van der Waals surface area contributed by atoms with Gasteiger partial charge in [-0.3, -0.25) is 0 Å². The Bertz CT molecular complexity index is 263. The van der Waals surface area contributed by atoms with Crippen molar-refractivity contribution in [2.24, 2.45) is 5.41 Å². The topological polar surface area (TPSA) is 33.0 Å². The summed E-state index contributed by atoms with van der Waals surface area (Å²) in [6, 6.07) is 2.55. The van der Waals surface area contributed by atoms with Gasteiger partial charge >= 0.3 is 0 Å². The largest absolute Gasteiger partial charge is 0.373 e. The summed E-state index contributed by atoms with van der Waals surface area (Å²) in [5.74, 6) is 2.37. The number of fused-ring (bicyclic) bond motifs is 2. The van der Waals surface area contributed by atoms with Crippen molar-refractivity contribution in [3.8, 4) is 6.07 Å². The van der Waals surface area contributed by atoms with Crippen molar-refractivity contribution in [2.45, 2.75) is 51.2 Å². The maximum Gasteiger partial charge on any atom is 0.0860 e. The van der Waals surface area contributed by atoms with Gasteiger partial charge in [-0.1, -0.05) is 6.92 Å². The predicted octanol–water partition coefficient (Wildman–Crippen LogP) is 2.98. The molecule has 0 radical (unpaired) electrons. The van der Waals surface area contributed by atoms with E-state index < -0.39 is 0 Å². The second-order valence-electron chi connectivity index (χ2n) is 4.60. The lowest BCUT2D eigenvalue weighted by molar-refractivity contribution is 0.0762. The number of nitrogens with zero attached hydrogens (tertiary/aromatic N) is 1. The number of rotatable bonds is 5. The zero-order valence-corrected chi connectivity index (χ0v) is 10.2. The van der Waals surface area contributed by atoms with E-state index in [4.69, 9.17) is 4.74 Å². The first-order chi connectivity index (χ1) is 7.30. The van der Waals surface area contributed by atoms with Crippen LogP contribution in [0, 0.1) is 16.7 Å². The van der Waals surface area contributed by atoms with Crippen LogP contribution in [-0.2, 0) is 4.74 Å². The maximum atomic E-state index is 9.36. The van der Waals surface area contributed by atoms with Crippen molar-refractivity contribution in [3.63, 3.8) is 0 Å². The molecule has 3 atom stereocenters. The monoisotopic (exact) mass is 225 g/mol. The van der Waals surface area contributed by atoms with Crippen LogP contribution < -0.4 is 0 Å². The van der Waals surface area contributed by atoms with E-state index in [1.807, 2.05) is 11.8 Å². The number of hydrogen-bond donors (Lipinski definition) is 0. The van der Waals surface area contributed by atoms with Gasteiger partial charge in [-0.25, -0.2) is 0 Å². The van der Waals surface area contributed by atoms with Crippen LogP contribution in [0.25, 0.3) is 0 Å². The van der Waals surface area contributed by atoms with Crippen LogP contribution in [0.15, 0.2) is 0 Å². The number of nitriles is 1. The third-order valence-corrected chi connectivity index (χ3v) is 4.64. The molecule has 0 saturated carbocycles. The Labute approximate surface area is 96.4 Å². The summed E-state index contributed by atoms with van der Waals surface area (Å²) in [5, 5.41) is 9.36. The SMILES string of the molecule is CCSCCCC1(C#N)CC2CCC1O2. The minimum absolute atomic E-state index is 0.128. The average Bonchev–Trinajstić information content (AvgIpc) is 2.85. The van der Waals surface area contributed by atoms with Crippen molar-refractivity contribution in [1.82, 2.24) is 0 Å². The van der Waals surface area contributed by atoms with Gasteiger partial charge in [-0.05, 0) is 43.6 Å². The summed E-state index contributed by atoms with van der Waals surface area (Å²) in [4.78, 5) is 0. The number of thioether (sulfide) groups is 1. The van der Waals surface area contributed by atoms with Crippen LogP contribution in [0.3, 0.4) is 0 Å². The zero-order valence-electron chi connectivity index (χ0n) is 9.37. The molecule has 2 saturated heterocycles. The van der Waals surface area contributed by atoms with Crippen molar-refractivity contribution in [2.75, 3.05) is 11.5 Å². The lowest BCUT2D eigenvalue weighted by atomic mass is 9.72. The molecule has 0 amide bonds. The molecule has 84 valence electrons. The molecule has 0 spiro atoms. The lowest BCUT2D eigenvalue weighted by Gasteiger charge is -2.27. The molecule has 2 fully saturated rings. The fourth-order valence-electron chi connectivity index (χ4n) is 2.87. The van der Waals surface area contributed by atoms with Crippen molar-refractivity contribution < 1.29 is 4.74 Å². The Morgan fingerprint density at radius 3 is 2.93 bits per heavy atom. The van der Waals surface area contributed by atoms with Gasteiger partial charge < -0.3 is 4.74 Å². The van der Waals surface area contributed by atoms with Crippen LogP contribution in [-0.4, -0.2) is 23.7 Å². The van der Waals surface area contributed by atoms with Gasteiger partial charge in [0.1, 0.15) is 0 Å². The van der Waals surface area contributed by atoms with Crippen LogP contribution in [0.2, 0.25) is 0 Å². The van der Waals surface area contributed by atoms with E-state index in [0.717, 1.165) is 19.3 Å². The first-order valence-electron chi connectivity index (χ1n) is 5.95. The molecule has 3 heteroatoms. The molecule has 0 aliphatic carbocycles. The molecule has 2 rings (SSSR count). The van der Waals surface area contributed by atoms with Crippen molar-refractivity contribution >= 4 is 11.8 Å². The Morgan fingerprint density at radius 1 is 1.53 bits per heavy atom. The first kappa shape index (κ1) is 11.3. The minimum Gasteiger partial charge on any atom is -0.373 e. The molecule has 2 bridgehead atoms. The van der Waals surface area contributed by atoms with E-state index >= 15 is 0 Å². The summed E-state index contributed by atoms with van der Waals surface area (Å²) in [5.41, 5.74) is -0.128. The number of hydrogen-bond acceptors (Lipinski definition) is 3. The third-order valence-electron chi connectivity index (χ3n) is 3.65. The summed E-state index contributed by atoms with van der Waals surface area (Å²) < 4.78 is 5.81. The zero-order chi connectivity index (χ0) is 10.7. The van der Waals surface area contributed by atoms with E-state index in [0.29, 0.717) is 6.10 Å². The standard InChI is InChI=1S/C12H19NOS/c1-2-15-7-3-6-12(9-13)8-10-4-5-11(12)14-10/h10-11H,2-8H2,1H3. The first-order valence-corrected chi connectivity index (χ1v) is 7.10. The van der Waals surface area contributed by atoms with Crippen LogP contribution in [0.4, 0.5) is 0 Å². The van der Waals surface area contributed by atoms with Gasteiger partial charge in [-0.15, -0.1) is 0 Å². The second-order valence-corrected chi connectivity index (χ2v) is 5.99. The second kappa shape index (κ2) is 4.76. The Hall–Kier alpha value is -0.200. The molecule has 2 aliphatic heterocycles. The van der Waals surface area contributed by atoms with Gasteiger partial charge in [0, 0.05) is 0 Å². The van der Waals surface area contributed by atoms with Crippen LogP contribution >= 0.6 is 11.8 Å². The van der Waals surface area contributed by atoms with Gasteiger partial charge in [0.05, 0.1) is 23.7 Å². The Kier molecular flexibility index (Phi) is 3.58. The highest BCUT2D eigenvalue weighted by Gasteiger charge is 2.52. The van der Waals surface area contributed by atoms with E-state index in [2.05, 4.69) is 13.0 Å². The van der Waals surface area contributed by atoms with Crippen molar-refractivity contribution in [1.29, 1.82) is 5.26 Å². The Balaban J connectivity index is 1.85. The van der Waals surface area contributed by atoms with Gasteiger partial charge in [0.15, 0.2) is 0 Å². The molecule has 0 N–H and O–H groups in total. The highest BCUT2D eigenvalue weighted by molar-refractivity contribution is 7.99. The van der Waals surface area contributed by atoms with E-state index in [9.17, 15) is 5.26 Å². The van der Waals surface area contributed by atoms with E-state index in [1.165, 1.54) is 24.3 Å². The van der Waals surface area contributed by atoms with Gasteiger partial charge in [0.2, 0.25) is 0 Å². The molecule has 0 aromatic carbocycles. The quantitative estimate of drug-likeness (QED) is 0.674. The summed E-state index contributed by atoms with van der Waals surface area (Å²) >= 11 is 1.97. The fraction of sp³-hybridized carbons (Fsp3) is 0.917. The molecule has 15 heavy (non-hydrogen) atoms.